The molecule has 0 saturated carbocycles. The van der Waals surface area contributed by atoms with Crippen LogP contribution in [-0.4, -0.2) is 17.1 Å². The average molecular weight is 256 g/mol. The fraction of sp³-hybridized carbons (Fsp3) is 0.312. The Labute approximate surface area is 114 Å². The maximum Gasteiger partial charge on any atom is 0.132 e. The molecule has 1 aromatic carbocycles. The monoisotopic (exact) mass is 256 g/mol. The summed E-state index contributed by atoms with van der Waals surface area (Å²) >= 11 is 0. The maximum absolute atomic E-state index is 9.47. The van der Waals surface area contributed by atoms with Crippen molar-refractivity contribution < 1.29 is 5.11 Å². The van der Waals surface area contributed by atoms with Crippen LogP contribution < -0.4 is 4.90 Å². The third-order valence-electron chi connectivity index (χ3n) is 3.33. The number of benzene rings is 1. The van der Waals surface area contributed by atoms with Gasteiger partial charge >= 0.3 is 0 Å². The van der Waals surface area contributed by atoms with E-state index in [2.05, 4.69) is 36.2 Å². The summed E-state index contributed by atoms with van der Waals surface area (Å²) in [5.74, 6) is 0.869. The van der Waals surface area contributed by atoms with Gasteiger partial charge in [-0.15, -0.1) is 0 Å². The first-order valence-corrected chi connectivity index (χ1v) is 6.58. The maximum atomic E-state index is 9.47. The quantitative estimate of drug-likeness (QED) is 0.910. The molecule has 100 valence electrons. The molecule has 0 spiro atoms. The Balaban J connectivity index is 2.20. The minimum atomic E-state index is -0.476. The highest BCUT2D eigenvalue weighted by molar-refractivity contribution is 5.59. The molecule has 1 aromatic heterocycles. The van der Waals surface area contributed by atoms with Crippen LogP contribution in [0.1, 0.15) is 31.1 Å². The van der Waals surface area contributed by atoms with Crippen molar-refractivity contribution in [2.45, 2.75) is 26.4 Å². The van der Waals surface area contributed by atoms with Gasteiger partial charge in [-0.25, -0.2) is 4.98 Å². The zero-order valence-electron chi connectivity index (χ0n) is 11.7. The summed E-state index contributed by atoms with van der Waals surface area (Å²) in [6, 6.07) is 12.3. The molecule has 0 amide bonds. The molecule has 2 rings (SSSR count). The van der Waals surface area contributed by atoms with Gasteiger partial charge < -0.3 is 10.0 Å². The second kappa shape index (κ2) is 5.85. The number of pyridine rings is 1. The lowest BCUT2D eigenvalue weighted by Gasteiger charge is -2.19. The topological polar surface area (TPSA) is 36.4 Å². The molecule has 0 aliphatic heterocycles. The third kappa shape index (κ3) is 3.12. The molecule has 3 heteroatoms. The third-order valence-corrected chi connectivity index (χ3v) is 3.33. The highest BCUT2D eigenvalue weighted by atomic mass is 16.3. The summed E-state index contributed by atoms with van der Waals surface area (Å²) in [6.45, 7) is 3.89. The number of aryl methyl sites for hydroxylation is 1. The first-order valence-electron chi connectivity index (χ1n) is 6.58. The lowest BCUT2D eigenvalue weighted by atomic mass is 10.1. The first-order chi connectivity index (χ1) is 9.11. The summed E-state index contributed by atoms with van der Waals surface area (Å²) in [5.41, 5.74) is 3.27. The van der Waals surface area contributed by atoms with Crippen molar-refractivity contribution in [3.63, 3.8) is 0 Å². The molecule has 3 nitrogen and oxygen atoms in total. The van der Waals surface area contributed by atoms with E-state index in [9.17, 15) is 5.11 Å². The highest BCUT2D eigenvalue weighted by Crippen LogP contribution is 2.23. The van der Waals surface area contributed by atoms with E-state index in [1.54, 1.807) is 13.1 Å². The Morgan fingerprint density at radius 3 is 2.32 bits per heavy atom. The molecule has 19 heavy (non-hydrogen) atoms. The lowest BCUT2D eigenvalue weighted by molar-refractivity contribution is 0.199. The lowest BCUT2D eigenvalue weighted by Crippen LogP contribution is -2.11. The Hall–Kier alpha value is -1.87. The summed E-state index contributed by atoms with van der Waals surface area (Å²) in [7, 11) is 1.99. The highest BCUT2D eigenvalue weighted by Gasteiger charge is 2.06. The standard InChI is InChI=1S/C16H20N2O/c1-4-13-5-8-15(9-6-13)18(3)16-10-7-14(11-17-16)12(2)19/h5-12,19H,4H2,1-3H3. The van der Waals surface area contributed by atoms with Gasteiger partial charge in [0.25, 0.3) is 0 Å². The van der Waals surface area contributed by atoms with Crippen LogP contribution in [0.3, 0.4) is 0 Å². The molecule has 1 heterocycles. The molecule has 0 fully saturated rings. The van der Waals surface area contributed by atoms with Crippen molar-refractivity contribution in [2.75, 3.05) is 11.9 Å². The zero-order chi connectivity index (χ0) is 13.8. The number of aromatic nitrogens is 1. The van der Waals surface area contributed by atoms with Gasteiger partial charge in [0, 0.05) is 18.9 Å². The molecular weight excluding hydrogens is 236 g/mol. The van der Waals surface area contributed by atoms with E-state index in [0.717, 1.165) is 23.5 Å². The number of aliphatic hydroxyl groups excluding tert-OH is 1. The van der Waals surface area contributed by atoms with Crippen molar-refractivity contribution in [3.05, 3.63) is 53.7 Å². The normalized spacial score (nSPS) is 12.2. The Kier molecular flexibility index (Phi) is 4.17. The van der Waals surface area contributed by atoms with Crippen LogP contribution in [0.15, 0.2) is 42.6 Å². The molecule has 0 aliphatic rings. The summed E-state index contributed by atoms with van der Waals surface area (Å²) in [4.78, 5) is 6.42. The van der Waals surface area contributed by atoms with Gasteiger partial charge in [-0.1, -0.05) is 25.1 Å². The molecular formula is C16H20N2O. The van der Waals surface area contributed by atoms with Crippen molar-refractivity contribution in [1.82, 2.24) is 4.98 Å². The van der Waals surface area contributed by atoms with Crippen molar-refractivity contribution in [2.24, 2.45) is 0 Å². The Bertz CT molecular complexity index is 517. The summed E-state index contributed by atoms with van der Waals surface area (Å²) in [6.07, 6.45) is 2.29. The number of rotatable bonds is 4. The van der Waals surface area contributed by atoms with Crippen LogP contribution in [0.5, 0.6) is 0 Å². The molecule has 0 bridgehead atoms. The Morgan fingerprint density at radius 2 is 1.84 bits per heavy atom. The van der Waals surface area contributed by atoms with Gasteiger partial charge in [-0.05, 0) is 42.7 Å². The second-order valence-electron chi connectivity index (χ2n) is 4.70. The zero-order valence-corrected chi connectivity index (χ0v) is 11.7. The molecule has 1 N–H and O–H groups in total. The fourth-order valence-corrected chi connectivity index (χ4v) is 1.93. The Morgan fingerprint density at radius 1 is 1.16 bits per heavy atom. The summed E-state index contributed by atoms with van der Waals surface area (Å²) < 4.78 is 0. The predicted molar refractivity (Wildman–Crippen MR) is 78.8 cm³/mol. The minimum Gasteiger partial charge on any atom is -0.389 e. The SMILES string of the molecule is CCc1ccc(N(C)c2ccc(C(C)O)cn2)cc1. The fourth-order valence-electron chi connectivity index (χ4n) is 1.93. The van der Waals surface area contributed by atoms with Crippen LogP contribution in [-0.2, 0) is 6.42 Å². The van der Waals surface area contributed by atoms with E-state index in [-0.39, 0.29) is 0 Å². The van der Waals surface area contributed by atoms with E-state index in [4.69, 9.17) is 0 Å². The van der Waals surface area contributed by atoms with E-state index < -0.39 is 6.10 Å². The van der Waals surface area contributed by atoms with Crippen LogP contribution in [0.2, 0.25) is 0 Å². The van der Waals surface area contributed by atoms with Gasteiger partial charge in [-0.3, -0.25) is 0 Å². The van der Waals surface area contributed by atoms with Gasteiger partial charge in [-0.2, -0.15) is 0 Å². The van der Waals surface area contributed by atoms with Crippen molar-refractivity contribution in [1.29, 1.82) is 0 Å². The average Bonchev–Trinajstić information content (AvgIpc) is 2.46. The number of hydrogen-bond donors (Lipinski definition) is 1. The van der Waals surface area contributed by atoms with Crippen LogP contribution >= 0.6 is 0 Å². The van der Waals surface area contributed by atoms with E-state index >= 15 is 0 Å². The first kappa shape index (κ1) is 13.6. The molecule has 0 radical (unpaired) electrons. The van der Waals surface area contributed by atoms with E-state index in [1.807, 2.05) is 24.1 Å². The van der Waals surface area contributed by atoms with Gasteiger partial charge in [0.2, 0.25) is 0 Å². The van der Waals surface area contributed by atoms with Crippen molar-refractivity contribution >= 4 is 11.5 Å². The molecule has 2 aromatic rings. The predicted octanol–water partition coefficient (Wildman–Crippen LogP) is 3.47. The second-order valence-corrected chi connectivity index (χ2v) is 4.70. The molecule has 1 atom stereocenters. The number of anilines is 2. The van der Waals surface area contributed by atoms with Gasteiger partial charge in [0.15, 0.2) is 0 Å². The van der Waals surface area contributed by atoms with Crippen LogP contribution in [0, 0.1) is 0 Å². The minimum absolute atomic E-state index is 0.476. The molecule has 0 aliphatic carbocycles. The molecule has 0 saturated heterocycles. The van der Waals surface area contributed by atoms with Gasteiger partial charge in [0.1, 0.15) is 5.82 Å². The van der Waals surface area contributed by atoms with E-state index in [1.165, 1.54) is 5.56 Å². The summed E-state index contributed by atoms with van der Waals surface area (Å²) in [5, 5.41) is 9.47. The number of hydrogen-bond acceptors (Lipinski definition) is 3. The smallest absolute Gasteiger partial charge is 0.132 e. The van der Waals surface area contributed by atoms with Gasteiger partial charge in [0.05, 0.1) is 6.10 Å². The number of nitrogens with zero attached hydrogens (tertiary/aromatic N) is 2. The van der Waals surface area contributed by atoms with Crippen LogP contribution in [0.4, 0.5) is 11.5 Å². The van der Waals surface area contributed by atoms with Crippen LogP contribution in [0.25, 0.3) is 0 Å². The largest absolute Gasteiger partial charge is 0.389 e. The van der Waals surface area contributed by atoms with E-state index in [0.29, 0.717) is 0 Å². The number of aliphatic hydroxyl groups is 1. The molecule has 1 unspecified atom stereocenters. The van der Waals surface area contributed by atoms with Crippen molar-refractivity contribution in [3.8, 4) is 0 Å².